The molecule has 0 saturated carbocycles. The van der Waals surface area contributed by atoms with Crippen LogP contribution in [-0.4, -0.2) is 42.3 Å². The Morgan fingerprint density at radius 3 is 2.79 bits per heavy atom. The van der Waals surface area contributed by atoms with Gasteiger partial charge in [-0.15, -0.1) is 0 Å². The van der Waals surface area contributed by atoms with Crippen LogP contribution in [0.3, 0.4) is 0 Å². The number of halogens is 1. The molecule has 0 unspecified atom stereocenters. The highest BCUT2D eigenvalue weighted by molar-refractivity contribution is 5.78. The molecule has 1 saturated heterocycles. The second-order valence-corrected chi connectivity index (χ2v) is 4.36. The van der Waals surface area contributed by atoms with Crippen molar-refractivity contribution in [1.82, 2.24) is 4.90 Å². The minimum atomic E-state index is -0.417. The number of ether oxygens (including phenoxy) is 1. The van der Waals surface area contributed by atoms with E-state index in [9.17, 15) is 4.39 Å². The number of hydrogen-bond donors (Lipinski definition) is 2. The van der Waals surface area contributed by atoms with Crippen LogP contribution < -0.4 is 5.73 Å². The number of nitrogens with two attached hydrogens (primary N) is 1. The molecule has 1 aromatic carbocycles. The van der Waals surface area contributed by atoms with E-state index < -0.39 is 5.82 Å². The van der Waals surface area contributed by atoms with Crippen molar-refractivity contribution in [3.05, 3.63) is 35.1 Å². The standard InChI is InChI=1S/C13H18FN3O2/c14-12-7-10(1-2-11(12)9-18)8-16-13(15)17-3-5-19-6-4-17/h1-2,7,18H,3-6,8-9H2,(H2,15,16). The number of aliphatic imine (C=N–C) groups is 1. The van der Waals surface area contributed by atoms with Crippen molar-refractivity contribution in [2.75, 3.05) is 26.3 Å². The summed E-state index contributed by atoms with van der Waals surface area (Å²) in [5, 5.41) is 8.89. The predicted molar refractivity (Wildman–Crippen MR) is 70.0 cm³/mol. The van der Waals surface area contributed by atoms with Crippen molar-refractivity contribution in [1.29, 1.82) is 0 Å². The molecule has 0 aliphatic carbocycles. The van der Waals surface area contributed by atoms with E-state index in [1.807, 2.05) is 4.90 Å². The zero-order valence-electron chi connectivity index (χ0n) is 10.7. The average Bonchev–Trinajstić information content (AvgIpc) is 2.46. The Morgan fingerprint density at radius 1 is 1.42 bits per heavy atom. The van der Waals surface area contributed by atoms with Gasteiger partial charge < -0.3 is 20.5 Å². The Morgan fingerprint density at radius 2 is 2.16 bits per heavy atom. The van der Waals surface area contributed by atoms with Gasteiger partial charge in [-0.3, -0.25) is 0 Å². The Kier molecular flexibility index (Phi) is 4.70. The molecule has 1 aliphatic heterocycles. The van der Waals surface area contributed by atoms with Gasteiger partial charge in [0.25, 0.3) is 0 Å². The maximum Gasteiger partial charge on any atom is 0.191 e. The molecular weight excluding hydrogens is 249 g/mol. The van der Waals surface area contributed by atoms with Crippen molar-refractivity contribution in [2.24, 2.45) is 10.7 Å². The van der Waals surface area contributed by atoms with Crippen LogP contribution in [0.4, 0.5) is 4.39 Å². The van der Waals surface area contributed by atoms with Gasteiger partial charge in [0.15, 0.2) is 5.96 Å². The molecule has 2 rings (SSSR count). The largest absolute Gasteiger partial charge is 0.392 e. The maximum atomic E-state index is 13.5. The molecule has 6 heteroatoms. The van der Waals surface area contributed by atoms with Gasteiger partial charge in [-0.2, -0.15) is 0 Å². The maximum absolute atomic E-state index is 13.5. The van der Waals surface area contributed by atoms with E-state index in [1.54, 1.807) is 12.1 Å². The first-order valence-corrected chi connectivity index (χ1v) is 6.21. The molecular formula is C13H18FN3O2. The van der Waals surface area contributed by atoms with Gasteiger partial charge in [0.2, 0.25) is 0 Å². The molecule has 104 valence electrons. The van der Waals surface area contributed by atoms with Crippen LogP contribution in [-0.2, 0) is 17.9 Å². The molecule has 3 N–H and O–H groups in total. The van der Waals surface area contributed by atoms with Crippen molar-refractivity contribution in [3.8, 4) is 0 Å². The lowest BCUT2D eigenvalue weighted by molar-refractivity contribution is 0.0674. The van der Waals surface area contributed by atoms with E-state index in [0.717, 1.165) is 18.7 Å². The minimum Gasteiger partial charge on any atom is -0.392 e. The second-order valence-electron chi connectivity index (χ2n) is 4.36. The zero-order chi connectivity index (χ0) is 13.7. The summed E-state index contributed by atoms with van der Waals surface area (Å²) in [6.07, 6.45) is 0. The number of guanidine groups is 1. The molecule has 1 aromatic rings. The average molecular weight is 267 g/mol. The number of aliphatic hydroxyl groups is 1. The highest BCUT2D eigenvalue weighted by atomic mass is 19.1. The van der Waals surface area contributed by atoms with Crippen LogP contribution in [0.5, 0.6) is 0 Å². The molecule has 0 spiro atoms. The summed E-state index contributed by atoms with van der Waals surface area (Å²) < 4.78 is 18.7. The van der Waals surface area contributed by atoms with Crippen LogP contribution in [0, 0.1) is 5.82 Å². The third kappa shape index (κ3) is 3.65. The summed E-state index contributed by atoms with van der Waals surface area (Å²) in [5.41, 5.74) is 6.89. The summed E-state index contributed by atoms with van der Waals surface area (Å²) >= 11 is 0. The molecule has 0 bridgehead atoms. The highest BCUT2D eigenvalue weighted by Gasteiger charge is 2.12. The SMILES string of the molecule is NC(=NCc1ccc(CO)c(F)c1)N1CCOCC1. The number of nitrogens with zero attached hydrogens (tertiary/aromatic N) is 2. The van der Waals surface area contributed by atoms with Crippen molar-refractivity contribution < 1.29 is 14.2 Å². The normalized spacial score (nSPS) is 16.7. The molecule has 0 aromatic heterocycles. The molecule has 0 radical (unpaired) electrons. The number of aliphatic hydroxyl groups excluding tert-OH is 1. The van der Waals surface area contributed by atoms with Crippen LogP contribution in [0.1, 0.15) is 11.1 Å². The monoisotopic (exact) mass is 267 g/mol. The van der Waals surface area contributed by atoms with Crippen LogP contribution in [0.15, 0.2) is 23.2 Å². The quantitative estimate of drug-likeness (QED) is 0.617. The summed E-state index contributed by atoms with van der Waals surface area (Å²) in [5.74, 6) is 0.0371. The fraction of sp³-hybridized carbons (Fsp3) is 0.462. The number of hydrogen-bond acceptors (Lipinski definition) is 3. The summed E-state index contributed by atoms with van der Waals surface area (Å²) in [7, 11) is 0. The molecule has 0 atom stereocenters. The van der Waals surface area contributed by atoms with E-state index in [-0.39, 0.29) is 12.2 Å². The van der Waals surface area contributed by atoms with Gasteiger partial charge in [-0.05, 0) is 11.6 Å². The third-order valence-electron chi connectivity index (χ3n) is 3.05. The molecule has 1 heterocycles. The highest BCUT2D eigenvalue weighted by Crippen LogP contribution is 2.11. The van der Waals surface area contributed by atoms with E-state index in [2.05, 4.69) is 4.99 Å². The number of benzene rings is 1. The Bertz CT molecular complexity index is 459. The van der Waals surface area contributed by atoms with Crippen LogP contribution in [0.25, 0.3) is 0 Å². The fourth-order valence-corrected chi connectivity index (χ4v) is 1.88. The third-order valence-corrected chi connectivity index (χ3v) is 3.05. The molecule has 1 aliphatic rings. The first-order valence-electron chi connectivity index (χ1n) is 6.21. The van der Waals surface area contributed by atoms with Crippen molar-refractivity contribution in [2.45, 2.75) is 13.2 Å². The van der Waals surface area contributed by atoms with E-state index in [0.29, 0.717) is 25.7 Å². The smallest absolute Gasteiger partial charge is 0.191 e. The minimum absolute atomic E-state index is 0.286. The van der Waals surface area contributed by atoms with Gasteiger partial charge in [0.05, 0.1) is 26.4 Å². The van der Waals surface area contributed by atoms with Crippen molar-refractivity contribution >= 4 is 5.96 Å². The molecule has 5 nitrogen and oxygen atoms in total. The van der Waals surface area contributed by atoms with Gasteiger partial charge in [0.1, 0.15) is 5.82 Å². The summed E-state index contributed by atoms with van der Waals surface area (Å²) in [6, 6.07) is 4.68. The predicted octanol–water partition coefficient (Wildman–Crippen LogP) is 0.465. The Hall–Kier alpha value is -1.66. The molecule has 1 fully saturated rings. The van der Waals surface area contributed by atoms with Crippen molar-refractivity contribution in [3.63, 3.8) is 0 Å². The first kappa shape index (κ1) is 13.8. The van der Waals surface area contributed by atoms with E-state index >= 15 is 0 Å². The topological polar surface area (TPSA) is 71.1 Å². The Labute approximate surface area is 111 Å². The van der Waals surface area contributed by atoms with E-state index in [1.165, 1.54) is 6.07 Å². The van der Waals surface area contributed by atoms with Gasteiger partial charge in [-0.25, -0.2) is 9.38 Å². The summed E-state index contributed by atoms with van der Waals surface area (Å²) in [4.78, 5) is 6.20. The summed E-state index contributed by atoms with van der Waals surface area (Å²) in [6.45, 7) is 2.78. The first-order chi connectivity index (χ1) is 9.20. The lowest BCUT2D eigenvalue weighted by Crippen LogP contribution is -2.44. The Balaban J connectivity index is 1.98. The van der Waals surface area contributed by atoms with Gasteiger partial charge in [-0.1, -0.05) is 12.1 Å². The lowest BCUT2D eigenvalue weighted by Gasteiger charge is -2.27. The number of rotatable bonds is 3. The number of morpholine rings is 1. The van der Waals surface area contributed by atoms with Gasteiger partial charge >= 0.3 is 0 Å². The lowest BCUT2D eigenvalue weighted by atomic mass is 10.1. The van der Waals surface area contributed by atoms with Crippen LogP contribution >= 0.6 is 0 Å². The van der Waals surface area contributed by atoms with E-state index in [4.69, 9.17) is 15.6 Å². The zero-order valence-corrected chi connectivity index (χ0v) is 10.7. The fourth-order valence-electron chi connectivity index (χ4n) is 1.88. The van der Waals surface area contributed by atoms with Gasteiger partial charge in [0, 0.05) is 18.7 Å². The molecule has 0 amide bonds. The molecule has 19 heavy (non-hydrogen) atoms. The second kappa shape index (κ2) is 6.49. The van der Waals surface area contributed by atoms with Crippen LogP contribution in [0.2, 0.25) is 0 Å².